The van der Waals surface area contributed by atoms with E-state index in [9.17, 15) is 18.0 Å². The molecule has 2 aromatic rings. The molecule has 1 aliphatic heterocycles. The molecule has 0 fully saturated rings. The molecular formula is C18H15F3N2O3. The zero-order valence-electron chi connectivity index (χ0n) is 13.9. The summed E-state index contributed by atoms with van der Waals surface area (Å²) in [5.74, 6) is -0.214. The third-order valence-corrected chi connectivity index (χ3v) is 3.79. The number of fused-ring (bicyclic) bond motifs is 1. The summed E-state index contributed by atoms with van der Waals surface area (Å²) in [7, 11) is 1.35. The zero-order valence-corrected chi connectivity index (χ0v) is 13.9. The highest BCUT2D eigenvalue weighted by atomic mass is 19.4. The third kappa shape index (κ3) is 3.49. The topological polar surface area (TPSA) is 59.9 Å². The number of alkyl halides is 3. The number of para-hydroxylation sites is 1. The average molecular weight is 364 g/mol. The number of anilines is 1. The number of benzene rings is 2. The second kappa shape index (κ2) is 6.70. The van der Waals surface area contributed by atoms with Gasteiger partial charge in [-0.3, -0.25) is 4.79 Å². The van der Waals surface area contributed by atoms with Crippen molar-refractivity contribution in [3.05, 3.63) is 59.2 Å². The molecule has 5 nitrogen and oxygen atoms in total. The third-order valence-electron chi connectivity index (χ3n) is 3.79. The number of esters is 1. The summed E-state index contributed by atoms with van der Waals surface area (Å²) >= 11 is 0. The van der Waals surface area contributed by atoms with Gasteiger partial charge in [0, 0.05) is 18.2 Å². The Morgan fingerprint density at radius 3 is 2.58 bits per heavy atom. The Hall–Kier alpha value is -3.03. The number of nitrogens with zero attached hydrogens (tertiary/aromatic N) is 1. The summed E-state index contributed by atoms with van der Waals surface area (Å²) in [5.41, 5.74) is 0.482. The Kier molecular flexibility index (Phi) is 4.58. The van der Waals surface area contributed by atoms with Gasteiger partial charge >= 0.3 is 12.1 Å². The molecule has 8 heteroatoms. The van der Waals surface area contributed by atoms with Crippen LogP contribution in [0.25, 0.3) is 0 Å². The first kappa shape index (κ1) is 17.8. The summed E-state index contributed by atoms with van der Waals surface area (Å²) in [6.45, 7) is 1.24. The lowest BCUT2D eigenvalue weighted by Gasteiger charge is -2.25. The second-order valence-electron chi connectivity index (χ2n) is 5.56. The van der Waals surface area contributed by atoms with Crippen molar-refractivity contribution in [2.24, 2.45) is 4.99 Å². The number of methoxy groups -OCH3 is 1. The van der Waals surface area contributed by atoms with Crippen LogP contribution in [0.5, 0.6) is 5.75 Å². The molecule has 1 aliphatic rings. The maximum Gasteiger partial charge on any atom is 0.416 e. The summed E-state index contributed by atoms with van der Waals surface area (Å²) in [4.78, 5) is 15.7. The van der Waals surface area contributed by atoms with Crippen LogP contribution < -0.4 is 10.1 Å². The second-order valence-corrected chi connectivity index (χ2v) is 5.56. The van der Waals surface area contributed by atoms with E-state index in [0.29, 0.717) is 11.3 Å². The SMILES string of the molecule is COc1ccc(C(F)(F)F)cc1C1=NC(OC(C)=O)c2ccccc2N1. The minimum atomic E-state index is -4.51. The number of rotatable bonds is 3. The van der Waals surface area contributed by atoms with Crippen molar-refractivity contribution in [3.8, 4) is 5.75 Å². The molecule has 0 aliphatic carbocycles. The average Bonchev–Trinajstić information content (AvgIpc) is 2.59. The van der Waals surface area contributed by atoms with Crippen molar-refractivity contribution in [1.82, 2.24) is 0 Å². The van der Waals surface area contributed by atoms with E-state index in [-0.39, 0.29) is 17.1 Å². The van der Waals surface area contributed by atoms with Crippen LogP contribution in [0.15, 0.2) is 47.5 Å². The number of ether oxygens (including phenoxy) is 2. The van der Waals surface area contributed by atoms with Gasteiger partial charge in [-0.15, -0.1) is 0 Å². The number of halogens is 3. The highest BCUT2D eigenvalue weighted by molar-refractivity contribution is 6.11. The van der Waals surface area contributed by atoms with Crippen LogP contribution in [-0.2, 0) is 15.7 Å². The van der Waals surface area contributed by atoms with Crippen LogP contribution in [0.4, 0.5) is 18.9 Å². The van der Waals surface area contributed by atoms with Gasteiger partial charge in [0.15, 0.2) is 0 Å². The highest BCUT2D eigenvalue weighted by Crippen LogP contribution is 2.36. The monoisotopic (exact) mass is 364 g/mol. The van der Waals surface area contributed by atoms with Crippen molar-refractivity contribution in [1.29, 1.82) is 0 Å². The van der Waals surface area contributed by atoms with Gasteiger partial charge in [0.25, 0.3) is 0 Å². The van der Waals surface area contributed by atoms with E-state index < -0.39 is 23.9 Å². The largest absolute Gasteiger partial charge is 0.496 e. The first-order chi connectivity index (χ1) is 12.3. The molecule has 1 N–H and O–H groups in total. The number of hydrogen-bond donors (Lipinski definition) is 1. The van der Waals surface area contributed by atoms with Gasteiger partial charge in [-0.05, 0) is 24.3 Å². The molecule has 1 unspecified atom stereocenters. The maximum atomic E-state index is 13.1. The molecule has 0 amide bonds. The zero-order chi connectivity index (χ0) is 18.9. The van der Waals surface area contributed by atoms with Gasteiger partial charge in [0.1, 0.15) is 11.6 Å². The summed E-state index contributed by atoms with van der Waals surface area (Å²) < 4.78 is 49.6. The van der Waals surface area contributed by atoms with E-state index in [2.05, 4.69) is 10.3 Å². The fourth-order valence-electron chi connectivity index (χ4n) is 2.63. The Labute approximate surface area is 147 Å². The molecule has 26 heavy (non-hydrogen) atoms. The summed E-state index contributed by atoms with van der Waals surface area (Å²) in [6.07, 6.45) is -5.47. The number of amidine groups is 1. The van der Waals surface area contributed by atoms with Gasteiger partial charge in [0.2, 0.25) is 6.23 Å². The predicted octanol–water partition coefficient (Wildman–Crippen LogP) is 4.15. The molecule has 0 saturated heterocycles. The van der Waals surface area contributed by atoms with E-state index in [1.807, 2.05) is 0 Å². The lowest BCUT2D eigenvalue weighted by atomic mass is 10.0. The van der Waals surface area contributed by atoms with E-state index in [4.69, 9.17) is 9.47 Å². The molecular weight excluding hydrogens is 349 g/mol. The minimum absolute atomic E-state index is 0.119. The van der Waals surface area contributed by atoms with Crippen LogP contribution in [-0.4, -0.2) is 18.9 Å². The number of nitrogens with one attached hydrogen (secondary N) is 1. The van der Waals surface area contributed by atoms with E-state index in [1.54, 1.807) is 24.3 Å². The summed E-state index contributed by atoms with van der Waals surface area (Å²) in [6, 6.07) is 10.1. The van der Waals surface area contributed by atoms with Crippen LogP contribution in [0.1, 0.15) is 29.8 Å². The van der Waals surface area contributed by atoms with Crippen molar-refractivity contribution in [2.45, 2.75) is 19.3 Å². The van der Waals surface area contributed by atoms with Crippen molar-refractivity contribution < 1.29 is 27.4 Å². The van der Waals surface area contributed by atoms with Crippen molar-refractivity contribution in [3.63, 3.8) is 0 Å². The highest BCUT2D eigenvalue weighted by Gasteiger charge is 2.33. The Morgan fingerprint density at radius 1 is 1.19 bits per heavy atom. The fraction of sp³-hybridized carbons (Fsp3) is 0.222. The van der Waals surface area contributed by atoms with Gasteiger partial charge in [-0.25, -0.2) is 4.99 Å². The van der Waals surface area contributed by atoms with E-state index in [0.717, 1.165) is 12.1 Å². The molecule has 1 heterocycles. The minimum Gasteiger partial charge on any atom is -0.496 e. The van der Waals surface area contributed by atoms with Crippen LogP contribution >= 0.6 is 0 Å². The first-order valence-electron chi connectivity index (χ1n) is 7.66. The number of hydrogen-bond acceptors (Lipinski definition) is 5. The predicted molar refractivity (Wildman–Crippen MR) is 89.1 cm³/mol. The molecule has 2 aromatic carbocycles. The van der Waals surface area contributed by atoms with Gasteiger partial charge in [-0.2, -0.15) is 13.2 Å². The molecule has 3 rings (SSSR count). The van der Waals surface area contributed by atoms with Crippen LogP contribution in [0.2, 0.25) is 0 Å². The number of carbonyl (C=O) groups is 1. The summed E-state index contributed by atoms with van der Waals surface area (Å²) in [5, 5.41) is 2.98. The standard InChI is InChI=1S/C18H15F3N2O3/c1-10(24)26-17-12-5-3-4-6-14(12)22-16(23-17)13-9-11(18(19,20)21)7-8-15(13)25-2/h3-9,17H,1-2H3,(H,22,23). The Balaban J connectivity index is 2.11. The Morgan fingerprint density at radius 2 is 1.92 bits per heavy atom. The van der Waals surface area contributed by atoms with Crippen molar-refractivity contribution in [2.75, 3.05) is 12.4 Å². The normalized spacial score (nSPS) is 16.2. The lowest BCUT2D eigenvalue weighted by molar-refractivity contribution is -0.146. The molecule has 0 spiro atoms. The molecule has 0 radical (unpaired) electrons. The van der Waals surface area contributed by atoms with Crippen molar-refractivity contribution >= 4 is 17.5 Å². The van der Waals surface area contributed by atoms with E-state index in [1.165, 1.54) is 20.1 Å². The quantitative estimate of drug-likeness (QED) is 0.832. The van der Waals surface area contributed by atoms with Crippen LogP contribution in [0, 0.1) is 0 Å². The first-order valence-corrected chi connectivity index (χ1v) is 7.66. The van der Waals surface area contributed by atoms with Crippen LogP contribution in [0.3, 0.4) is 0 Å². The Bertz CT molecular complexity index is 878. The molecule has 1 atom stereocenters. The number of carbonyl (C=O) groups excluding carboxylic acids is 1. The van der Waals surface area contributed by atoms with Gasteiger partial charge in [-0.1, -0.05) is 18.2 Å². The van der Waals surface area contributed by atoms with Gasteiger partial charge < -0.3 is 14.8 Å². The van der Waals surface area contributed by atoms with Gasteiger partial charge in [0.05, 0.1) is 18.2 Å². The molecule has 0 aromatic heterocycles. The number of aliphatic imine (C=N–C) groups is 1. The fourth-order valence-corrected chi connectivity index (χ4v) is 2.63. The smallest absolute Gasteiger partial charge is 0.416 e. The maximum absolute atomic E-state index is 13.1. The molecule has 0 saturated carbocycles. The lowest BCUT2D eigenvalue weighted by Crippen LogP contribution is -2.24. The van der Waals surface area contributed by atoms with E-state index >= 15 is 0 Å². The molecule has 0 bridgehead atoms. The molecule has 136 valence electrons.